The van der Waals surface area contributed by atoms with Crippen LogP contribution in [0.15, 0.2) is 24.3 Å². The lowest BCUT2D eigenvalue weighted by atomic mass is 9.51. The van der Waals surface area contributed by atoms with E-state index in [0.29, 0.717) is 61.2 Å². The molecule has 2 bridgehead atoms. The summed E-state index contributed by atoms with van der Waals surface area (Å²) in [5, 5.41) is 86.2. The maximum Gasteiger partial charge on any atom is 0.224 e. The number of amides is 1. The van der Waals surface area contributed by atoms with Crippen molar-refractivity contribution in [2.24, 2.45) is 46.8 Å². The van der Waals surface area contributed by atoms with Gasteiger partial charge >= 0.3 is 0 Å². The number of nitrogens with one attached hydrogen (secondary N) is 2. The average Bonchev–Trinajstić information content (AvgIpc) is 3.77. The lowest BCUT2D eigenvalue weighted by Gasteiger charge is -2.54. The number of aliphatic hydroxyl groups excluding tert-OH is 5. The van der Waals surface area contributed by atoms with Crippen LogP contribution in [-0.4, -0.2) is 149 Å². The Morgan fingerprint density at radius 3 is 2.35 bits per heavy atom. The van der Waals surface area contributed by atoms with Gasteiger partial charge in [0.15, 0.2) is 23.0 Å². The number of benzene rings is 2. The summed E-state index contributed by atoms with van der Waals surface area (Å²) in [5.41, 5.74) is 2.13. The summed E-state index contributed by atoms with van der Waals surface area (Å²) in [7, 11) is 11.1. The van der Waals surface area contributed by atoms with Gasteiger partial charge in [-0.25, -0.2) is 0 Å². The Bertz CT molecular complexity index is 2270. The third-order valence-corrected chi connectivity index (χ3v) is 23.3. The predicted octanol–water partition coefficient (Wildman–Crippen LogP) is 7.82. The Labute approximate surface area is 472 Å². The first-order chi connectivity index (χ1) is 37.3. The predicted molar refractivity (Wildman–Crippen MR) is 306 cm³/mol. The number of phenols is 2. The molecule has 2 saturated heterocycles. The van der Waals surface area contributed by atoms with Crippen molar-refractivity contribution in [1.82, 2.24) is 10.6 Å². The van der Waals surface area contributed by atoms with Crippen LogP contribution in [0.4, 0.5) is 0 Å². The van der Waals surface area contributed by atoms with E-state index in [1.54, 1.807) is 36.1 Å². The summed E-state index contributed by atoms with van der Waals surface area (Å²) in [6.45, 7) is 3.13. The van der Waals surface area contributed by atoms with Gasteiger partial charge in [0.05, 0.1) is 50.7 Å². The summed E-state index contributed by atoms with van der Waals surface area (Å²) in [5.74, 6) is 10.4. The number of hydrogen-bond acceptors (Lipinski definition) is 18. The fraction of sp³-hybridized carbons (Fsp3) is 0.741. The van der Waals surface area contributed by atoms with Crippen molar-refractivity contribution in [2.75, 3.05) is 65.1 Å². The summed E-state index contributed by atoms with van der Waals surface area (Å²) in [6, 6.07) is 7.19. The molecule has 430 valence electrons. The molecule has 15 nitrogen and oxygen atoms in total. The number of hydrogen-bond donors (Lipinski definition) is 9. The molecule has 19 heteroatoms. The van der Waals surface area contributed by atoms with E-state index in [2.05, 4.69) is 29.4 Å². The second-order valence-corrected chi connectivity index (χ2v) is 27.8. The molecule has 4 fully saturated rings. The Hall–Kier alpha value is -2.45. The fourth-order valence-corrected chi connectivity index (χ4v) is 19.7. The van der Waals surface area contributed by atoms with Gasteiger partial charge in [0.25, 0.3) is 0 Å². The molecule has 16 atom stereocenters. The largest absolute Gasteiger partial charge is 0.504 e. The molecule has 0 aromatic heterocycles. The minimum absolute atomic E-state index is 0.0189. The van der Waals surface area contributed by atoms with E-state index >= 15 is 0 Å². The molecule has 1 spiro atoms. The average molecular weight is 1150 g/mol. The zero-order valence-electron chi connectivity index (χ0n) is 45.4. The highest BCUT2D eigenvalue weighted by molar-refractivity contribution is 8.77. The molecular weight excluding hydrogens is 1060 g/mol. The van der Waals surface area contributed by atoms with Gasteiger partial charge in [0, 0.05) is 85.1 Å². The number of methoxy groups -OCH3 is 3. The van der Waals surface area contributed by atoms with E-state index in [-0.39, 0.29) is 107 Å². The van der Waals surface area contributed by atoms with Gasteiger partial charge in [0.2, 0.25) is 11.7 Å². The lowest BCUT2D eigenvalue weighted by molar-refractivity contribution is -0.123. The van der Waals surface area contributed by atoms with Crippen molar-refractivity contribution in [2.45, 2.75) is 158 Å². The number of rotatable bonds is 14. The minimum atomic E-state index is -1.04. The van der Waals surface area contributed by atoms with Crippen LogP contribution in [0.3, 0.4) is 0 Å². The van der Waals surface area contributed by atoms with Crippen LogP contribution in [0.25, 0.3) is 0 Å². The maximum atomic E-state index is 13.6. The van der Waals surface area contributed by atoms with E-state index in [1.165, 1.54) is 35.8 Å². The summed E-state index contributed by atoms with van der Waals surface area (Å²) in [4.78, 5) is 13.6. The molecule has 4 aliphatic heterocycles. The first-order valence-electron chi connectivity index (χ1n) is 28.2. The Morgan fingerprint density at radius 1 is 0.818 bits per heavy atom. The van der Waals surface area contributed by atoms with Crippen molar-refractivity contribution in [1.29, 1.82) is 0 Å². The standard InChI is InChI=1S/C58H86N2O13S4/c1-34-9-11-37-12-16-47(63)55-43(57(68)60-45(55)8-7-21-69-2)30-74-75-31-46-40-15-14-39(26-44(40)58(37,29-34)18-5-6-19-59-46)73-51-25-36-10-13-38(72-33-62)27-48(64)42(22-35-23-52(70-3)56(67)53(24-35)71-4)50(66)32-76-77-54(17-20-61)41(36)28-49(51)65/h23-25,28,34,37-40,42-48,50,54-55,59,61-67H,6-17,19-22,26-27,29-33H2,1-4H3,(H,60,68)/t34-,37+,38-,39-,40-,42-,43+,44-,45+,46+,47+,48+,50+,54-,55-,58-/m0/s1. The molecule has 2 aromatic carbocycles. The maximum absolute atomic E-state index is 13.6. The zero-order chi connectivity index (χ0) is 54.6. The molecule has 2 saturated carbocycles. The third-order valence-electron chi connectivity index (χ3n) is 18.0. The number of carbonyl (C=O) groups excluding carboxylic acids is 1. The Morgan fingerprint density at radius 2 is 1.60 bits per heavy atom. The Balaban J connectivity index is 1.07. The molecule has 0 unspecified atom stereocenters. The minimum Gasteiger partial charge on any atom is -0.504 e. The van der Waals surface area contributed by atoms with Crippen LogP contribution in [0.5, 0.6) is 28.7 Å². The number of aryl methyl sites for hydroxylation is 1. The smallest absolute Gasteiger partial charge is 0.224 e. The highest BCUT2D eigenvalue weighted by atomic mass is 33.1. The van der Waals surface area contributed by atoms with Gasteiger partial charge in [-0.1, -0.05) is 62.4 Å². The fourth-order valence-electron chi connectivity index (χ4n) is 14.1. The van der Waals surface area contributed by atoms with Gasteiger partial charge in [0.1, 0.15) is 6.79 Å². The second kappa shape index (κ2) is 29.0. The monoisotopic (exact) mass is 1150 g/mol. The van der Waals surface area contributed by atoms with Gasteiger partial charge in [-0.15, -0.1) is 5.92 Å². The second-order valence-electron chi connectivity index (χ2n) is 22.7. The topological polar surface area (TPSA) is 229 Å². The highest BCUT2D eigenvalue weighted by Crippen LogP contribution is 2.58. The SMILES string of the molecule is COCCC[C@H]1NC(=O)[C@@H]2CSSC[C@H]3NCCC#C[C@@]4(C[C@@H](C)CC[C@@H]4CC[C@@H](O)[C@H]12)[C@H]1C[C@@H](Oc2cc4c(cc2O)[C@H](CCO)SSC[C@@H](O)[C@@H](Cc2cc(OC)c(O)c(OC)c2)[C@H](O)C[C@@H](OCO)CC4)CC[C@H]31. The molecule has 4 heterocycles. The normalized spacial score (nSPS) is 35.4. The molecular formula is C58H86N2O13S4. The molecule has 2 aliphatic carbocycles. The molecule has 1 amide bonds. The number of ether oxygens (including phenoxy) is 5. The zero-order valence-corrected chi connectivity index (χ0v) is 48.7. The van der Waals surface area contributed by atoms with Gasteiger partial charge < -0.3 is 70.1 Å². The van der Waals surface area contributed by atoms with E-state index < -0.39 is 37.1 Å². The number of aliphatic hydroxyl groups is 5. The summed E-state index contributed by atoms with van der Waals surface area (Å²) < 4.78 is 29.2. The number of phenolic OH excluding ortho intramolecular Hbond substituents is 2. The lowest BCUT2D eigenvalue weighted by Crippen LogP contribution is -2.53. The van der Waals surface area contributed by atoms with Gasteiger partial charge in [-0.2, -0.15) is 0 Å². The van der Waals surface area contributed by atoms with Crippen LogP contribution in [-0.2, 0) is 27.1 Å². The van der Waals surface area contributed by atoms with E-state index in [4.69, 9.17) is 23.7 Å². The van der Waals surface area contributed by atoms with Crippen LogP contribution < -0.4 is 24.8 Å². The molecule has 8 rings (SSSR count). The quantitative estimate of drug-likeness (QED) is 0.0380. The van der Waals surface area contributed by atoms with Crippen LogP contribution in [0.2, 0.25) is 0 Å². The van der Waals surface area contributed by atoms with E-state index in [9.17, 15) is 40.5 Å². The number of fused-ring (bicyclic) bond motifs is 2. The molecule has 9 N–H and O–H groups in total. The van der Waals surface area contributed by atoms with Gasteiger partial charge in [-0.3, -0.25) is 4.79 Å². The van der Waals surface area contributed by atoms with E-state index in [0.717, 1.165) is 87.6 Å². The number of aromatic hydroxyl groups is 2. The van der Waals surface area contributed by atoms with Crippen molar-refractivity contribution in [3.63, 3.8) is 0 Å². The first-order valence-corrected chi connectivity index (χ1v) is 33.1. The van der Waals surface area contributed by atoms with Crippen molar-refractivity contribution in [3.8, 4) is 40.6 Å². The van der Waals surface area contributed by atoms with Crippen LogP contribution >= 0.6 is 43.2 Å². The van der Waals surface area contributed by atoms with Gasteiger partial charge in [-0.05, 0) is 155 Å². The van der Waals surface area contributed by atoms with Crippen molar-refractivity contribution < 1.29 is 64.2 Å². The third kappa shape index (κ3) is 14.8. The van der Waals surface area contributed by atoms with Crippen molar-refractivity contribution >= 4 is 49.1 Å². The van der Waals surface area contributed by atoms with Crippen LogP contribution in [0.1, 0.15) is 119 Å². The molecule has 6 aliphatic rings. The molecule has 2 aromatic rings. The van der Waals surface area contributed by atoms with Crippen LogP contribution in [0, 0.1) is 58.7 Å². The highest BCUT2D eigenvalue weighted by Gasteiger charge is 2.54. The Kier molecular flexibility index (Phi) is 22.8. The number of carbonyl (C=O) groups is 1. The summed E-state index contributed by atoms with van der Waals surface area (Å²) >= 11 is 0. The first kappa shape index (κ1) is 60.6. The van der Waals surface area contributed by atoms with Crippen molar-refractivity contribution in [3.05, 3.63) is 41.0 Å². The molecule has 77 heavy (non-hydrogen) atoms. The summed E-state index contributed by atoms with van der Waals surface area (Å²) in [6.07, 6.45) is 7.52. The molecule has 0 radical (unpaired) electrons. The van der Waals surface area contributed by atoms with E-state index in [1.807, 2.05) is 16.9 Å².